The molecule has 0 unspecified atom stereocenters. The smallest absolute Gasteiger partial charge is 0.268 e. The van der Waals surface area contributed by atoms with Crippen molar-refractivity contribution in [3.05, 3.63) is 108 Å². The molecule has 1 aromatic heterocycles. The summed E-state index contributed by atoms with van der Waals surface area (Å²) >= 11 is 2.11. The lowest BCUT2D eigenvalue weighted by Gasteiger charge is -2.11. The Morgan fingerprint density at radius 2 is 1.80 bits per heavy atom. The summed E-state index contributed by atoms with van der Waals surface area (Å²) in [5.41, 5.74) is 1.11. The van der Waals surface area contributed by atoms with E-state index in [1.165, 1.54) is 34.9 Å². The van der Waals surface area contributed by atoms with Crippen molar-refractivity contribution in [3.8, 4) is 5.69 Å². The maximum absolute atomic E-state index is 13.3. The van der Waals surface area contributed by atoms with Crippen molar-refractivity contribution in [1.29, 1.82) is 0 Å². The Morgan fingerprint density at radius 3 is 2.53 bits per heavy atom. The molecule has 4 aromatic rings. The van der Waals surface area contributed by atoms with E-state index in [0.29, 0.717) is 22.4 Å². The van der Waals surface area contributed by atoms with E-state index in [4.69, 9.17) is 0 Å². The Balaban J connectivity index is 1.96. The Kier molecular flexibility index (Phi) is 5.40. The van der Waals surface area contributed by atoms with Crippen LogP contribution in [0.1, 0.15) is 11.4 Å². The van der Waals surface area contributed by atoms with Crippen molar-refractivity contribution in [2.75, 3.05) is 0 Å². The fourth-order valence-corrected chi connectivity index (χ4v) is 3.52. The molecule has 4 rings (SSSR count). The van der Waals surface area contributed by atoms with Gasteiger partial charge in [0.1, 0.15) is 11.6 Å². The van der Waals surface area contributed by atoms with Crippen LogP contribution >= 0.6 is 22.6 Å². The molecule has 8 heteroatoms. The molecule has 148 valence electrons. The molecule has 3 aromatic carbocycles. The highest BCUT2D eigenvalue weighted by Crippen LogP contribution is 2.20. The van der Waals surface area contributed by atoms with Crippen LogP contribution in [0.3, 0.4) is 0 Å². The standard InChI is InChI=1S/C22H13FIN3O3/c23-15-7-4-14(5-8-15)6-11-21-25-20-10-9-16(24)12-19(20)22(28)26(21)17-2-1-3-18(13-17)27(29)30/h1-13H. The third-order valence-corrected chi connectivity index (χ3v) is 5.12. The molecule has 1 heterocycles. The third kappa shape index (κ3) is 3.99. The summed E-state index contributed by atoms with van der Waals surface area (Å²) in [4.78, 5) is 28.6. The van der Waals surface area contributed by atoms with Gasteiger partial charge < -0.3 is 0 Å². The molecule has 0 aliphatic carbocycles. The topological polar surface area (TPSA) is 78.0 Å². The predicted molar refractivity (Wildman–Crippen MR) is 122 cm³/mol. The van der Waals surface area contributed by atoms with Gasteiger partial charge in [0, 0.05) is 15.7 Å². The number of nitrogens with zero attached hydrogens (tertiary/aromatic N) is 3. The van der Waals surface area contributed by atoms with Gasteiger partial charge >= 0.3 is 0 Å². The number of fused-ring (bicyclic) bond motifs is 1. The first-order chi connectivity index (χ1) is 14.4. The second kappa shape index (κ2) is 8.15. The molecule has 0 saturated heterocycles. The average molecular weight is 513 g/mol. The summed E-state index contributed by atoms with van der Waals surface area (Å²) in [7, 11) is 0. The van der Waals surface area contributed by atoms with E-state index in [-0.39, 0.29) is 17.1 Å². The summed E-state index contributed by atoms with van der Waals surface area (Å²) in [5, 5.41) is 11.6. The summed E-state index contributed by atoms with van der Waals surface area (Å²) < 4.78 is 15.4. The van der Waals surface area contributed by atoms with E-state index >= 15 is 0 Å². The first-order valence-corrected chi connectivity index (χ1v) is 9.91. The van der Waals surface area contributed by atoms with Gasteiger partial charge in [-0.1, -0.05) is 24.3 Å². The predicted octanol–water partition coefficient (Wildman–Crippen LogP) is 5.21. The van der Waals surface area contributed by atoms with E-state index < -0.39 is 4.92 Å². The molecule has 0 fully saturated rings. The summed E-state index contributed by atoms with van der Waals surface area (Å²) in [5.74, 6) is -0.0439. The van der Waals surface area contributed by atoms with Gasteiger partial charge in [-0.05, 0) is 70.6 Å². The van der Waals surface area contributed by atoms with Gasteiger partial charge in [-0.2, -0.15) is 0 Å². The number of halogens is 2. The van der Waals surface area contributed by atoms with Gasteiger partial charge in [-0.3, -0.25) is 19.5 Å². The molecule has 0 bridgehead atoms. The molecule has 0 aliphatic rings. The molecule has 0 saturated carbocycles. The SMILES string of the molecule is O=c1c2cc(I)ccc2nc(C=Cc2ccc(F)cc2)n1-c1cccc([N+](=O)[O-])c1. The van der Waals surface area contributed by atoms with Crippen molar-refractivity contribution < 1.29 is 9.31 Å². The van der Waals surface area contributed by atoms with Crippen LogP contribution in [0.4, 0.5) is 10.1 Å². The van der Waals surface area contributed by atoms with Gasteiger partial charge in [0.15, 0.2) is 0 Å². The number of nitro groups is 1. The molecule has 0 N–H and O–H groups in total. The maximum Gasteiger partial charge on any atom is 0.271 e. The molecule has 0 spiro atoms. The minimum Gasteiger partial charge on any atom is -0.268 e. The Labute approximate surface area is 183 Å². The lowest BCUT2D eigenvalue weighted by Crippen LogP contribution is -2.22. The largest absolute Gasteiger partial charge is 0.271 e. The van der Waals surface area contributed by atoms with Crippen molar-refractivity contribution in [1.82, 2.24) is 9.55 Å². The second-order valence-electron chi connectivity index (χ2n) is 6.43. The monoisotopic (exact) mass is 513 g/mol. The van der Waals surface area contributed by atoms with Crippen molar-refractivity contribution in [2.24, 2.45) is 0 Å². The molecule has 0 aliphatic heterocycles. The quantitative estimate of drug-likeness (QED) is 0.213. The first kappa shape index (κ1) is 19.9. The van der Waals surface area contributed by atoms with Crippen LogP contribution in [-0.2, 0) is 0 Å². The lowest BCUT2D eigenvalue weighted by atomic mass is 10.2. The molecule has 6 nitrogen and oxygen atoms in total. The Morgan fingerprint density at radius 1 is 1.03 bits per heavy atom. The van der Waals surface area contributed by atoms with E-state index in [0.717, 1.165) is 9.13 Å². The molecule has 0 atom stereocenters. The van der Waals surface area contributed by atoms with Crippen molar-refractivity contribution >= 4 is 51.3 Å². The van der Waals surface area contributed by atoms with Gasteiger partial charge in [0.05, 0.1) is 21.5 Å². The van der Waals surface area contributed by atoms with Crippen LogP contribution in [-0.4, -0.2) is 14.5 Å². The summed E-state index contributed by atoms with van der Waals surface area (Å²) in [6.45, 7) is 0. The van der Waals surface area contributed by atoms with Crippen LogP contribution < -0.4 is 5.56 Å². The summed E-state index contributed by atoms with van der Waals surface area (Å²) in [6.07, 6.45) is 3.33. The summed E-state index contributed by atoms with van der Waals surface area (Å²) in [6, 6.07) is 17.0. The van der Waals surface area contributed by atoms with Crippen LogP contribution in [0.15, 0.2) is 71.5 Å². The van der Waals surface area contributed by atoms with Gasteiger partial charge in [0.2, 0.25) is 0 Å². The zero-order chi connectivity index (χ0) is 21.3. The fraction of sp³-hybridized carbons (Fsp3) is 0. The van der Waals surface area contributed by atoms with Crippen LogP contribution in [0.5, 0.6) is 0 Å². The van der Waals surface area contributed by atoms with Crippen LogP contribution in [0, 0.1) is 19.5 Å². The number of non-ortho nitro benzene ring substituents is 1. The van der Waals surface area contributed by atoms with E-state index in [2.05, 4.69) is 27.6 Å². The van der Waals surface area contributed by atoms with E-state index in [1.807, 2.05) is 6.07 Å². The minimum absolute atomic E-state index is 0.129. The highest BCUT2D eigenvalue weighted by atomic mass is 127. The number of rotatable bonds is 4. The zero-order valence-corrected chi connectivity index (χ0v) is 17.5. The van der Waals surface area contributed by atoms with Crippen molar-refractivity contribution in [3.63, 3.8) is 0 Å². The molecular formula is C22H13FIN3O3. The highest BCUT2D eigenvalue weighted by molar-refractivity contribution is 14.1. The van der Waals surface area contributed by atoms with Gasteiger partial charge in [0.25, 0.3) is 11.2 Å². The second-order valence-corrected chi connectivity index (χ2v) is 7.68. The molecular weight excluding hydrogens is 500 g/mol. The average Bonchev–Trinajstić information content (AvgIpc) is 2.74. The number of nitro benzene ring substituents is 1. The molecule has 30 heavy (non-hydrogen) atoms. The minimum atomic E-state index is -0.514. The third-order valence-electron chi connectivity index (χ3n) is 4.45. The van der Waals surface area contributed by atoms with Gasteiger partial charge in [-0.15, -0.1) is 0 Å². The fourth-order valence-electron chi connectivity index (χ4n) is 3.03. The lowest BCUT2D eigenvalue weighted by molar-refractivity contribution is -0.384. The number of aromatic nitrogens is 2. The van der Waals surface area contributed by atoms with Gasteiger partial charge in [-0.25, -0.2) is 9.37 Å². The molecule has 0 radical (unpaired) electrons. The highest BCUT2D eigenvalue weighted by Gasteiger charge is 2.14. The Hall–Kier alpha value is -3.40. The Bertz CT molecular complexity index is 1360. The van der Waals surface area contributed by atoms with Crippen LogP contribution in [0.2, 0.25) is 0 Å². The molecule has 0 amide bonds. The van der Waals surface area contributed by atoms with Crippen LogP contribution in [0.25, 0.3) is 28.7 Å². The van der Waals surface area contributed by atoms with Crippen molar-refractivity contribution in [2.45, 2.75) is 0 Å². The number of hydrogen-bond donors (Lipinski definition) is 0. The zero-order valence-electron chi connectivity index (χ0n) is 15.3. The van der Waals surface area contributed by atoms with E-state index in [1.54, 1.807) is 42.5 Å². The number of benzene rings is 3. The van der Waals surface area contributed by atoms with E-state index in [9.17, 15) is 19.3 Å². The first-order valence-electron chi connectivity index (χ1n) is 8.83. The normalized spacial score (nSPS) is 11.3. The number of hydrogen-bond acceptors (Lipinski definition) is 4. The maximum atomic E-state index is 13.3.